The minimum atomic E-state index is -4.07. The predicted octanol–water partition coefficient (Wildman–Crippen LogP) is 14.0. The van der Waals surface area contributed by atoms with Crippen molar-refractivity contribution < 1.29 is 17.6 Å². The molecular formula is C44H60F4. The molecule has 2 aromatic rings. The molecule has 3 fully saturated rings. The Morgan fingerprint density at radius 3 is 1.94 bits per heavy atom. The lowest BCUT2D eigenvalue weighted by molar-refractivity contribution is -0.291. The van der Waals surface area contributed by atoms with Crippen molar-refractivity contribution in [3.05, 3.63) is 71.3 Å². The van der Waals surface area contributed by atoms with Gasteiger partial charge in [-0.2, -0.15) is 17.6 Å². The smallest absolute Gasteiger partial charge is 0.200 e. The van der Waals surface area contributed by atoms with Crippen LogP contribution >= 0.6 is 0 Å². The van der Waals surface area contributed by atoms with Gasteiger partial charge in [0.15, 0.2) is 0 Å². The first kappa shape index (κ1) is 35.7. The summed E-state index contributed by atoms with van der Waals surface area (Å²) < 4.78 is 62.9. The number of hydrogen-bond acceptors (Lipinski definition) is 0. The van der Waals surface area contributed by atoms with Gasteiger partial charge in [-0.05, 0) is 128 Å². The van der Waals surface area contributed by atoms with Crippen LogP contribution < -0.4 is 0 Å². The molecule has 264 valence electrons. The molecule has 0 spiro atoms. The van der Waals surface area contributed by atoms with Gasteiger partial charge in [-0.3, -0.25) is 0 Å². The molecule has 0 nitrogen and oxygen atoms in total. The fourth-order valence-electron chi connectivity index (χ4n) is 11.2. The molecule has 4 heteroatoms. The molecule has 0 N–H and O–H groups in total. The van der Waals surface area contributed by atoms with Gasteiger partial charge in [-0.15, -0.1) is 0 Å². The SMILES string of the molecule is CCCC1(CC2C=C3C(c4ccc(-c5ccc(C)cc5)cc4)CC4(C)C(CC[C@@]4(C)C(F)(F)C(F)(F)CC)C3CC2)CCC(C)(C)CC1. The van der Waals surface area contributed by atoms with E-state index in [2.05, 4.69) is 82.3 Å². The van der Waals surface area contributed by atoms with Crippen molar-refractivity contribution in [1.29, 1.82) is 0 Å². The van der Waals surface area contributed by atoms with Crippen LogP contribution in [0.4, 0.5) is 17.6 Å². The fraction of sp³-hybridized carbons (Fsp3) is 0.682. The maximum absolute atomic E-state index is 16.3. The second-order valence-corrected chi connectivity index (χ2v) is 18.0. The number of benzene rings is 2. The zero-order chi connectivity index (χ0) is 34.8. The lowest BCUT2D eigenvalue weighted by atomic mass is 9.48. The van der Waals surface area contributed by atoms with E-state index in [-0.39, 0.29) is 24.2 Å². The van der Waals surface area contributed by atoms with Crippen molar-refractivity contribution in [2.45, 2.75) is 150 Å². The Labute approximate surface area is 288 Å². The van der Waals surface area contributed by atoms with Gasteiger partial charge in [0.05, 0.1) is 0 Å². The number of fused-ring (bicyclic) bond motifs is 3. The van der Waals surface area contributed by atoms with E-state index in [1.165, 1.54) is 69.9 Å². The van der Waals surface area contributed by atoms with Gasteiger partial charge in [0.25, 0.3) is 0 Å². The van der Waals surface area contributed by atoms with Crippen LogP contribution in [0, 0.1) is 46.3 Å². The maximum Gasteiger partial charge on any atom is 0.315 e. The molecule has 48 heavy (non-hydrogen) atoms. The summed E-state index contributed by atoms with van der Waals surface area (Å²) in [5, 5.41) is 0. The highest BCUT2D eigenvalue weighted by atomic mass is 19.3. The third-order valence-corrected chi connectivity index (χ3v) is 14.7. The molecular weight excluding hydrogens is 604 g/mol. The quantitative estimate of drug-likeness (QED) is 0.185. The zero-order valence-electron chi connectivity index (χ0n) is 30.7. The molecule has 0 amide bonds. The topological polar surface area (TPSA) is 0 Å². The molecule has 5 unspecified atom stereocenters. The Bertz CT molecular complexity index is 1460. The molecule has 0 aromatic heterocycles. The number of aryl methyl sites for hydroxylation is 1. The van der Waals surface area contributed by atoms with E-state index in [1.54, 1.807) is 0 Å². The largest absolute Gasteiger partial charge is 0.315 e. The molecule has 4 aliphatic carbocycles. The summed E-state index contributed by atoms with van der Waals surface area (Å²) in [6.07, 6.45) is 13.9. The highest BCUT2D eigenvalue weighted by molar-refractivity contribution is 5.64. The summed E-state index contributed by atoms with van der Waals surface area (Å²) in [6, 6.07) is 17.2. The fourth-order valence-corrected chi connectivity index (χ4v) is 11.2. The zero-order valence-corrected chi connectivity index (χ0v) is 30.7. The van der Waals surface area contributed by atoms with Gasteiger partial charge >= 0.3 is 11.8 Å². The molecule has 0 aliphatic heterocycles. The van der Waals surface area contributed by atoms with Crippen LogP contribution in [0.1, 0.15) is 142 Å². The van der Waals surface area contributed by atoms with E-state index >= 15 is 17.6 Å². The van der Waals surface area contributed by atoms with Crippen LogP contribution in [-0.2, 0) is 0 Å². The monoisotopic (exact) mass is 664 g/mol. The van der Waals surface area contributed by atoms with Crippen molar-refractivity contribution in [3.63, 3.8) is 0 Å². The molecule has 0 heterocycles. The normalized spacial score (nSPS) is 33.1. The van der Waals surface area contributed by atoms with Crippen molar-refractivity contribution in [3.8, 4) is 11.1 Å². The van der Waals surface area contributed by atoms with Gasteiger partial charge in [0.1, 0.15) is 0 Å². The van der Waals surface area contributed by atoms with Crippen LogP contribution in [0.15, 0.2) is 60.2 Å². The van der Waals surface area contributed by atoms with E-state index in [1.807, 2.05) is 6.92 Å². The first-order chi connectivity index (χ1) is 22.5. The van der Waals surface area contributed by atoms with Gasteiger partial charge in [-0.1, -0.05) is 114 Å². The third-order valence-electron chi connectivity index (χ3n) is 14.7. The minimum absolute atomic E-state index is 0.00334. The van der Waals surface area contributed by atoms with Crippen molar-refractivity contribution in [2.24, 2.45) is 39.4 Å². The van der Waals surface area contributed by atoms with Crippen LogP contribution in [0.3, 0.4) is 0 Å². The summed E-state index contributed by atoms with van der Waals surface area (Å²) in [5.41, 5.74) is 4.20. The van der Waals surface area contributed by atoms with Gasteiger partial charge in [0, 0.05) is 17.8 Å². The Kier molecular flexibility index (Phi) is 9.37. The summed E-state index contributed by atoms with van der Waals surface area (Å²) in [6.45, 7) is 13.9. The highest BCUT2D eigenvalue weighted by Crippen LogP contribution is 2.74. The first-order valence-electron chi connectivity index (χ1n) is 19.1. The molecule has 4 aliphatic rings. The van der Waals surface area contributed by atoms with Crippen molar-refractivity contribution >= 4 is 0 Å². The lowest BCUT2D eigenvalue weighted by Crippen LogP contribution is -2.60. The summed E-state index contributed by atoms with van der Waals surface area (Å²) in [5.74, 6) is -7.49. The molecule has 3 saturated carbocycles. The van der Waals surface area contributed by atoms with Crippen LogP contribution in [0.2, 0.25) is 0 Å². The van der Waals surface area contributed by atoms with Crippen LogP contribution in [0.25, 0.3) is 11.1 Å². The second-order valence-electron chi connectivity index (χ2n) is 18.0. The average molecular weight is 665 g/mol. The number of halogens is 4. The summed E-state index contributed by atoms with van der Waals surface area (Å²) in [7, 11) is 0. The number of rotatable bonds is 9. The molecule has 2 aromatic carbocycles. The van der Waals surface area contributed by atoms with Gasteiger partial charge < -0.3 is 0 Å². The summed E-state index contributed by atoms with van der Waals surface area (Å²) in [4.78, 5) is 0. The number of hydrogen-bond donors (Lipinski definition) is 0. The standard InChI is InChI=1S/C44H60F4/c1-8-21-42(25-23-39(4,5)24-26-42)28-31-12-19-35-36(27-31)37(34-17-15-33(16-18-34)32-13-10-30(3)11-14-32)29-40(6)38(35)20-22-41(40,7)44(47,48)43(45,46)9-2/h10-11,13-18,27,31,35,37-38H,8-9,12,19-26,28-29H2,1-7H3/t31?,35?,37?,38?,40?,41-/m1/s1. The van der Waals surface area contributed by atoms with Gasteiger partial charge in [0.2, 0.25) is 0 Å². The van der Waals surface area contributed by atoms with Crippen molar-refractivity contribution in [2.75, 3.05) is 0 Å². The Morgan fingerprint density at radius 2 is 1.35 bits per heavy atom. The number of alkyl halides is 4. The second kappa shape index (κ2) is 12.6. The third kappa shape index (κ3) is 5.91. The molecule has 6 atom stereocenters. The average Bonchev–Trinajstić information content (AvgIpc) is 3.34. The predicted molar refractivity (Wildman–Crippen MR) is 192 cm³/mol. The Balaban J connectivity index is 1.39. The maximum atomic E-state index is 16.3. The lowest BCUT2D eigenvalue weighted by Gasteiger charge is -2.57. The van der Waals surface area contributed by atoms with E-state index in [9.17, 15) is 0 Å². The van der Waals surface area contributed by atoms with E-state index < -0.39 is 29.1 Å². The molecule has 0 bridgehead atoms. The number of allylic oxidation sites excluding steroid dienone is 2. The van der Waals surface area contributed by atoms with Crippen LogP contribution in [0.5, 0.6) is 0 Å². The minimum Gasteiger partial charge on any atom is -0.200 e. The Morgan fingerprint density at radius 1 is 0.750 bits per heavy atom. The highest BCUT2D eigenvalue weighted by Gasteiger charge is 2.75. The summed E-state index contributed by atoms with van der Waals surface area (Å²) >= 11 is 0. The van der Waals surface area contributed by atoms with E-state index in [4.69, 9.17) is 0 Å². The molecule has 0 radical (unpaired) electrons. The molecule has 6 rings (SSSR count). The Hall–Kier alpha value is -2.10. The van der Waals surface area contributed by atoms with Crippen molar-refractivity contribution in [1.82, 2.24) is 0 Å². The molecule has 0 saturated heterocycles. The van der Waals surface area contributed by atoms with E-state index in [0.717, 1.165) is 29.5 Å². The van der Waals surface area contributed by atoms with Gasteiger partial charge in [-0.25, -0.2) is 0 Å². The van der Waals surface area contributed by atoms with E-state index in [0.29, 0.717) is 29.6 Å². The van der Waals surface area contributed by atoms with Crippen LogP contribution in [-0.4, -0.2) is 11.8 Å². The first-order valence-corrected chi connectivity index (χ1v) is 19.1.